The number of carbonyl (C=O) groups excluding carboxylic acids is 1. The Morgan fingerprint density at radius 2 is 2.33 bits per heavy atom. The predicted molar refractivity (Wildman–Crippen MR) is 56.2 cm³/mol. The smallest absolute Gasteiger partial charge is 0.222 e. The van der Waals surface area contributed by atoms with E-state index >= 15 is 0 Å². The number of nitrogens with one attached hydrogen (secondary N) is 1. The quantitative estimate of drug-likeness (QED) is 0.729. The van der Waals surface area contributed by atoms with Crippen LogP contribution in [0.1, 0.15) is 20.3 Å². The summed E-state index contributed by atoms with van der Waals surface area (Å²) in [6, 6.07) is 1.82. The highest BCUT2D eigenvalue weighted by Crippen LogP contribution is 2.00. The highest BCUT2D eigenvalue weighted by atomic mass is 16.3. The van der Waals surface area contributed by atoms with Crippen LogP contribution in [0.15, 0.2) is 18.5 Å². The van der Waals surface area contributed by atoms with Gasteiger partial charge in [-0.15, -0.1) is 0 Å². The third-order valence-corrected chi connectivity index (χ3v) is 2.00. The van der Waals surface area contributed by atoms with Crippen molar-refractivity contribution in [2.45, 2.75) is 32.4 Å². The first kappa shape index (κ1) is 11.7. The maximum atomic E-state index is 11.4. The molecule has 0 radical (unpaired) electrons. The fourth-order valence-electron chi connectivity index (χ4n) is 1.13. The number of carbonyl (C=O) groups is 1. The number of nitrogens with zero attached hydrogens (tertiary/aromatic N) is 2. The fraction of sp³-hybridized carbons (Fsp3) is 0.600. The number of aliphatic hydroxyl groups excluding tert-OH is 1. The Bertz CT molecular complexity index is 306. The molecule has 0 unspecified atom stereocenters. The normalized spacial score (nSPS) is 11.4. The molecule has 0 saturated carbocycles. The maximum absolute atomic E-state index is 11.4. The molecule has 1 aromatic heterocycles. The first-order chi connectivity index (χ1) is 7.03. The zero-order chi connectivity index (χ0) is 11.3. The Morgan fingerprint density at radius 1 is 1.60 bits per heavy atom. The Hall–Kier alpha value is -1.36. The largest absolute Gasteiger partial charge is 0.394 e. The molecular formula is C10H17N3O2. The molecule has 1 amide bonds. The van der Waals surface area contributed by atoms with E-state index in [1.165, 1.54) is 0 Å². The van der Waals surface area contributed by atoms with Gasteiger partial charge < -0.3 is 10.4 Å². The molecule has 0 saturated heterocycles. The van der Waals surface area contributed by atoms with Crippen LogP contribution in [0.25, 0.3) is 0 Å². The predicted octanol–water partition coefficient (Wildman–Crippen LogP) is 0.160. The molecule has 2 N–H and O–H groups in total. The molecule has 0 spiro atoms. The molecule has 0 aromatic carbocycles. The lowest BCUT2D eigenvalue weighted by atomic mass is 10.1. The Balaban J connectivity index is 2.31. The van der Waals surface area contributed by atoms with Crippen LogP contribution in [0.4, 0.5) is 0 Å². The van der Waals surface area contributed by atoms with E-state index in [9.17, 15) is 4.79 Å². The SMILES string of the molecule is CC(C)(CO)NC(=O)CCn1cccn1. The third kappa shape index (κ3) is 4.12. The van der Waals surface area contributed by atoms with Gasteiger partial charge in [0.2, 0.25) is 5.91 Å². The number of amides is 1. The lowest BCUT2D eigenvalue weighted by Gasteiger charge is -2.23. The summed E-state index contributed by atoms with van der Waals surface area (Å²) < 4.78 is 1.70. The molecule has 0 bridgehead atoms. The highest BCUT2D eigenvalue weighted by Gasteiger charge is 2.18. The van der Waals surface area contributed by atoms with Gasteiger partial charge in [0, 0.05) is 25.4 Å². The second-order valence-electron chi connectivity index (χ2n) is 4.11. The lowest BCUT2D eigenvalue weighted by molar-refractivity contribution is -0.123. The molecule has 1 rings (SSSR count). The van der Waals surface area contributed by atoms with Crippen molar-refractivity contribution in [3.8, 4) is 0 Å². The van der Waals surface area contributed by atoms with Crippen LogP contribution >= 0.6 is 0 Å². The topological polar surface area (TPSA) is 67.2 Å². The molecule has 0 fully saturated rings. The minimum absolute atomic E-state index is 0.0689. The van der Waals surface area contributed by atoms with Crippen LogP contribution in [0.3, 0.4) is 0 Å². The average molecular weight is 211 g/mol. The van der Waals surface area contributed by atoms with E-state index in [1.807, 2.05) is 12.3 Å². The van der Waals surface area contributed by atoms with Crippen molar-refractivity contribution in [1.29, 1.82) is 0 Å². The summed E-state index contributed by atoms with van der Waals surface area (Å²) in [4.78, 5) is 11.4. The summed E-state index contributed by atoms with van der Waals surface area (Å²) in [6.07, 6.45) is 3.85. The number of hydrogen-bond donors (Lipinski definition) is 2. The second kappa shape index (κ2) is 4.93. The summed E-state index contributed by atoms with van der Waals surface area (Å²) in [6.45, 7) is 4.04. The minimum Gasteiger partial charge on any atom is -0.394 e. The van der Waals surface area contributed by atoms with Crippen LogP contribution in [-0.4, -0.2) is 32.9 Å². The van der Waals surface area contributed by atoms with E-state index in [2.05, 4.69) is 10.4 Å². The molecule has 15 heavy (non-hydrogen) atoms. The van der Waals surface area contributed by atoms with E-state index in [4.69, 9.17) is 5.11 Å². The van der Waals surface area contributed by atoms with Crippen molar-refractivity contribution in [1.82, 2.24) is 15.1 Å². The minimum atomic E-state index is -0.554. The summed E-state index contributed by atoms with van der Waals surface area (Å²) in [5.74, 6) is -0.0791. The fourth-order valence-corrected chi connectivity index (χ4v) is 1.13. The molecule has 1 aromatic rings. The van der Waals surface area contributed by atoms with Crippen molar-refractivity contribution >= 4 is 5.91 Å². The number of aromatic nitrogens is 2. The van der Waals surface area contributed by atoms with Crippen LogP contribution in [0, 0.1) is 0 Å². The Morgan fingerprint density at radius 3 is 2.87 bits per heavy atom. The number of rotatable bonds is 5. The van der Waals surface area contributed by atoms with Crippen molar-refractivity contribution in [2.75, 3.05) is 6.61 Å². The van der Waals surface area contributed by atoms with E-state index < -0.39 is 5.54 Å². The van der Waals surface area contributed by atoms with E-state index in [0.717, 1.165) is 0 Å². The van der Waals surface area contributed by atoms with Gasteiger partial charge >= 0.3 is 0 Å². The van der Waals surface area contributed by atoms with Gasteiger partial charge in [-0.1, -0.05) is 0 Å². The zero-order valence-electron chi connectivity index (χ0n) is 9.10. The molecule has 0 aliphatic heterocycles. The van der Waals surface area contributed by atoms with Crippen molar-refractivity contribution in [2.24, 2.45) is 0 Å². The number of aliphatic hydroxyl groups is 1. The average Bonchev–Trinajstić information content (AvgIpc) is 2.66. The molecule has 5 heteroatoms. The number of hydrogen-bond acceptors (Lipinski definition) is 3. The number of aryl methyl sites for hydroxylation is 1. The van der Waals surface area contributed by atoms with Gasteiger partial charge in [0.25, 0.3) is 0 Å². The summed E-state index contributed by atoms with van der Waals surface area (Å²) >= 11 is 0. The van der Waals surface area contributed by atoms with Crippen molar-refractivity contribution < 1.29 is 9.90 Å². The molecule has 84 valence electrons. The van der Waals surface area contributed by atoms with Gasteiger partial charge in [0.15, 0.2) is 0 Å². The van der Waals surface area contributed by atoms with Gasteiger partial charge in [0.1, 0.15) is 0 Å². The van der Waals surface area contributed by atoms with E-state index in [-0.39, 0.29) is 12.5 Å². The van der Waals surface area contributed by atoms with Gasteiger partial charge in [-0.05, 0) is 19.9 Å². The Labute approximate surface area is 89.1 Å². The summed E-state index contributed by atoms with van der Waals surface area (Å²) in [7, 11) is 0. The van der Waals surface area contributed by atoms with Gasteiger partial charge in [-0.3, -0.25) is 9.48 Å². The van der Waals surface area contributed by atoms with Crippen molar-refractivity contribution in [3.05, 3.63) is 18.5 Å². The first-order valence-corrected chi connectivity index (χ1v) is 4.93. The van der Waals surface area contributed by atoms with E-state index in [1.54, 1.807) is 24.7 Å². The monoisotopic (exact) mass is 211 g/mol. The molecule has 0 aliphatic carbocycles. The summed E-state index contributed by atoms with van der Waals surface area (Å²) in [5.41, 5.74) is -0.554. The van der Waals surface area contributed by atoms with Gasteiger partial charge in [-0.2, -0.15) is 5.10 Å². The molecule has 1 heterocycles. The first-order valence-electron chi connectivity index (χ1n) is 4.93. The van der Waals surface area contributed by atoms with Crippen LogP contribution in [0.5, 0.6) is 0 Å². The second-order valence-corrected chi connectivity index (χ2v) is 4.11. The van der Waals surface area contributed by atoms with Crippen LogP contribution in [-0.2, 0) is 11.3 Å². The van der Waals surface area contributed by atoms with Crippen molar-refractivity contribution in [3.63, 3.8) is 0 Å². The van der Waals surface area contributed by atoms with Crippen LogP contribution in [0.2, 0.25) is 0 Å². The molecular weight excluding hydrogens is 194 g/mol. The maximum Gasteiger partial charge on any atom is 0.222 e. The highest BCUT2D eigenvalue weighted by molar-refractivity contribution is 5.76. The lowest BCUT2D eigenvalue weighted by Crippen LogP contribution is -2.46. The standard InChI is InChI=1S/C10H17N3O2/c1-10(2,8-14)12-9(15)4-7-13-6-3-5-11-13/h3,5-6,14H,4,7-8H2,1-2H3,(H,12,15). The molecule has 0 aliphatic rings. The zero-order valence-corrected chi connectivity index (χ0v) is 9.10. The van der Waals surface area contributed by atoms with Crippen LogP contribution < -0.4 is 5.32 Å². The summed E-state index contributed by atoms with van der Waals surface area (Å²) in [5, 5.41) is 15.7. The van der Waals surface area contributed by atoms with E-state index in [0.29, 0.717) is 13.0 Å². The third-order valence-electron chi connectivity index (χ3n) is 2.00. The van der Waals surface area contributed by atoms with Gasteiger partial charge in [0.05, 0.1) is 12.1 Å². The molecule has 5 nitrogen and oxygen atoms in total. The Kier molecular flexibility index (Phi) is 3.85. The van der Waals surface area contributed by atoms with Gasteiger partial charge in [-0.25, -0.2) is 0 Å². The molecule has 0 atom stereocenters.